The Labute approximate surface area is 61.6 Å². The van der Waals surface area contributed by atoms with Crippen LogP contribution in [-0.2, 0) is 6.54 Å². The number of nitrogens with zero attached hydrogens (tertiary/aromatic N) is 1. The van der Waals surface area contributed by atoms with Crippen LogP contribution in [0.4, 0.5) is 0 Å². The van der Waals surface area contributed by atoms with E-state index in [9.17, 15) is 0 Å². The number of allylic oxidation sites excluding steroid dienone is 1. The van der Waals surface area contributed by atoms with E-state index in [1.165, 1.54) is 5.56 Å². The Morgan fingerprint density at radius 1 is 1.70 bits per heavy atom. The maximum atomic E-state index is 3.66. The molecular formula is C9H12N+. The first-order valence-corrected chi connectivity index (χ1v) is 3.39. The molecule has 0 N–H and O–H groups in total. The highest BCUT2D eigenvalue weighted by molar-refractivity contribution is 5.01. The standard InChI is InChI=1S/C9H12N/c1-3-6-10-7-4-5-9(2)8-10/h3-5,7-8H,1,6H2,2H3/q+1. The van der Waals surface area contributed by atoms with Crippen molar-refractivity contribution in [2.24, 2.45) is 0 Å². The van der Waals surface area contributed by atoms with Crippen LogP contribution in [-0.4, -0.2) is 0 Å². The molecule has 52 valence electrons. The molecular weight excluding hydrogens is 122 g/mol. The van der Waals surface area contributed by atoms with Crippen LogP contribution in [0, 0.1) is 6.92 Å². The molecule has 1 rings (SSSR count). The second kappa shape index (κ2) is 3.16. The Hall–Kier alpha value is -1.11. The quantitative estimate of drug-likeness (QED) is 0.426. The molecule has 0 amide bonds. The summed E-state index contributed by atoms with van der Waals surface area (Å²) < 4.78 is 2.10. The number of pyridine rings is 1. The molecule has 0 aromatic carbocycles. The van der Waals surface area contributed by atoms with Crippen molar-refractivity contribution in [2.45, 2.75) is 13.5 Å². The van der Waals surface area contributed by atoms with Gasteiger partial charge in [-0.3, -0.25) is 0 Å². The van der Waals surface area contributed by atoms with E-state index in [2.05, 4.69) is 30.3 Å². The van der Waals surface area contributed by atoms with Crippen LogP contribution in [0.15, 0.2) is 37.2 Å². The van der Waals surface area contributed by atoms with Crippen molar-refractivity contribution in [2.75, 3.05) is 0 Å². The summed E-state index contributed by atoms with van der Waals surface area (Å²) in [5.74, 6) is 0. The summed E-state index contributed by atoms with van der Waals surface area (Å²) >= 11 is 0. The Balaban J connectivity index is 2.84. The normalized spacial score (nSPS) is 9.30. The van der Waals surface area contributed by atoms with E-state index < -0.39 is 0 Å². The van der Waals surface area contributed by atoms with Gasteiger partial charge in [-0.15, -0.1) is 0 Å². The minimum atomic E-state index is 0.891. The summed E-state index contributed by atoms with van der Waals surface area (Å²) in [5.41, 5.74) is 1.28. The Bertz CT molecular complexity index is 228. The summed E-state index contributed by atoms with van der Waals surface area (Å²) in [5, 5.41) is 0. The van der Waals surface area contributed by atoms with Gasteiger partial charge in [0.05, 0.1) is 0 Å². The Morgan fingerprint density at radius 3 is 3.10 bits per heavy atom. The third-order valence-electron chi connectivity index (χ3n) is 1.35. The summed E-state index contributed by atoms with van der Waals surface area (Å²) in [7, 11) is 0. The van der Waals surface area contributed by atoms with E-state index in [4.69, 9.17) is 0 Å². The second-order valence-electron chi connectivity index (χ2n) is 2.37. The predicted molar refractivity (Wildman–Crippen MR) is 41.6 cm³/mol. The molecule has 1 aromatic heterocycles. The topological polar surface area (TPSA) is 3.88 Å². The highest BCUT2D eigenvalue weighted by Crippen LogP contribution is 1.88. The molecule has 1 aromatic rings. The lowest BCUT2D eigenvalue weighted by atomic mass is 10.3. The molecule has 0 radical (unpaired) electrons. The van der Waals surface area contributed by atoms with Crippen LogP contribution in [0.1, 0.15) is 5.56 Å². The molecule has 0 atom stereocenters. The first-order valence-electron chi connectivity index (χ1n) is 3.39. The van der Waals surface area contributed by atoms with Crippen molar-refractivity contribution in [3.05, 3.63) is 42.7 Å². The zero-order valence-corrected chi connectivity index (χ0v) is 6.25. The monoisotopic (exact) mass is 134 g/mol. The molecule has 1 nitrogen and oxygen atoms in total. The average Bonchev–Trinajstić information content (AvgIpc) is 1.88. The van der Waals surface area contributed by atoms with E-state index >= 15 is 0 Å². The highest BCUT2D eigenvalue weighted by atomic mass is 14.9. The first kappa shape index (κ1) is 7.00. The number of hydrogen-bond donors (Lipinski definition) is 0. The molecule has 0 bridgehead atoms. The number of rotatable bonds is 2. The molecule has 0 saturated carbocycles. The van der Waals surface area contributed by atoms with Gasteiger partial charge >= 0.3 is 0 Å². The fourth-order valence-electron chi connectivity index (χ4n) is 0.916. The lowest BCUT2D eigenvalue weighted by Gasteiger charge is -1.90. The summed E-state index contributed by atoms with van der Waals surface area (Å²) in [6.07, 6.45) is 6.02. The number of aryl methyl sites for hydroxylation is 1. The Morgan fingerprint density at radius 2 is 2.50 bits per heavy atom. The molecule has 0 saturated heterocycles. The fourth-order valence-corrected chi connectivity index (χ4v) is 0.916. The van der Waals surface area contributed by atoms with Gasteiger partial charge in [0.2, 0.25) is 0 Å². The van der Waals surface area contributed by atoms with Crippen molar-refractivity contribution in [3.63, 3.8) is 0 Å². The smallest absolute Gasteiger partial charge is 0.172 e. The van der Waals surface area contributed by atoms with Crippen molar-refractivity contribution >= 4 is 0 Å². The Kier molecular flexibility index (Phi) is 2.21. The molecule has 0 spiro atoms. The van der Waals surface area contributed by atoms with Gasteiger partial charge in [0.1, 0.15) is 0 Å². The SMILES string of the molecule is C=CC[n+]1cccc(C)c1. The third kappa shape index (κ3) is 1.69. The summed E-state index contributed by atoms with van der Waals surface area (Å²) in [6, 6.07) is 4.12. The van der Waals surface area contributed by atoms with Crippen molar-refractivity contribution in [1.82, 2.24) is 0 Å². The van der Waals surface area contributed by atoms with Crippen molar-refractivity contribution < 1.29 is 4.57 Å². The third-order valence-corrected chi connectivity index (χ3v) is 1.35. The minimum absolute atomic E-state index is 0.891. The van der Waals surface area contributed by atoms with E-state index in [1.807, 2.05) is 18.3 Å². The molecule has 10 heavy (non-hydrogen) atoms. The molecule has 1 heterocycles. The molecule has 0 unspecified atom stereocenters. The van der Waals surface area contributed by atoms with Crippen LogP contribution < -0.4 is 4.57 Å². The fraction of sp³-hybridized carbons (Fsp3) is 0.222. The van der Waals surface area contributed by atoms with Gasteiger partial charge in [-0.05, 0) is 19.1 Å². The lowest BCUT2D eigenvalue weighted by Crippen LogP contribution is -2.31. The van der Waals surface area contributed by atoms with E-state index in [0.29, 0.717) is 0 Å². The zero-order valence-electron chi connectivity index (χ0n) is 6.25. The van der Waals surface area contributed by atoms with E-state index in [1.54, 1.807) is 0 Å². The summed E-state index contributed by atoms with van der Waals surface area (Å²) in [6.45, 7) is 6.64. The first-order chi connectivity index (χ1) is 4.83. The van der Waals surface area contributed by atoms with Gasteiger partial charge < -0.3 is 0 Å². The average molecular weight is 134 g/mol. The number of aromatic nitrogens is 1. The molecule has 0 aliphatic heterocycles. The second-order valence-corrected chi connectivity index (χ2v) is 2.37. The maximum Gasteiger partial charge on any atom is 0.172 e. The largest absolute Gasteiger partial charge is 0.201 e. The highest BCUT2D eigenvalue weighted by Gasteiger charge is 1.93. The minimum Gasteiger partial charge on any atom is -0.201 e. The zero-order chi connectivity index (χ0) is 7.40. The predicted octanol–water partition coefficient (Wildman–Crippen LogP) is 1.47. The maximum absolute atomic E-state index is 3.66. The van der Waals surface area contributed by atoms with E-state index in [-0.39, 0.29) is 0 Å². The van der Waals surface area contributed by atoms with Crippen LogP contribution in [0.5, 0.6) is 0 Å². The van der Waals surface area contributed by atoms with Crippen molar-refractivity contribution in [3.8, 4) is 0 Å². The van der Waals surface area contributed by atoms with E-state index in [0.717, 1.165) is 6.54 Å². The number of hydrogen-bond acceptors (Lipinski definition) is 0. The van der Waals surface area contributed by atoms with Gasteiger partial charge in [0.25, 0.3) is 0 Å². The van der Waals surface area contributed by atoms with Gasteiger partial charge in [-0.2, -0.15) is 0 Å². The summed E-state index contributed by atoms with van der Waals surface area (Å²) in [4.78, 5) is 0. The molecule has 1 heteroatoms. The van der Waals surface area contributed by atoms with Crippen LogP contribution in [0.25, 0.3) is 0 Å². The van der Waals surface area contributed by atoms with Crippen LogP contribution in [0.3, 0.4) is 0 Å². The van der Waals surface area contributed by atoms with Gasteiger partial charge in [-0.25, -0.2) is 4.57 Å². The van der Waals surface area contributed by atoms with Crippen LogP contribution in [0.2, 0.25) is 0 Å². The molecule has 0 aliphatic carbocycles. The van der Waals surface area contributed by atoms with Crippen LogP contribution >= 0.6 is 0 Å². The van der Waals surface area contributed by atoms with Gasteiger partial charge in [0.15, 0.2) is 18.9 Å². The molecule has 0 aliphatic rings. The lowest BCUT2D eigenvalue weighted by molar-refractivity contribution is -0.687. The van der Waals surface area contributed by atoms with Crippen molar-refractivity contribution in [1.29, 1.82) is 0 Å². The molecule has 0 fully saturated rings. The van der Waals surface area contributed by atoms with Gasteiger partial charge in [-0.1, -0.05) is 6.58 Å². The van der Waals surface area contributed by atoms with Gasteiger partial charge in [0, 0.05) is 11.6 Å².